The summed E-state index contributed by atoms with van der Waals surface area (Å²) in [5, 5.41) is 13.1. The Bertz CT molecular complexity index is 486. The summed E-state index contributed by atoms with van der Waals surface area (Å²) in [7, 11) is 0. The molecule has 0 bridgehead atoms. The van der Waals surface area contributed by atoms with Gasteiger partial charge < -0.3 is 15.7 Å². The van der Waals surface area contributed by atoms with Gasteiger partial charge in [-0.15, -0.1) is 0 Å². The van der Waals surface area contributed by atoms with Gasteiger partial charge in [-0.3, -0.25) is 9.59 Å². The summed E-state index contributed by atoms with van der Waals surface area (Å²) >= 11 is 0. The molecule has 8 heteroatoms. The number of carbonyl (C=O) groups excluding carboxylic acids is 2. The van der Waals surface area contributed by atoms with Crippen LogP contribution < -0.4 is 10.6 Å². The van der Waals surface area contributed by atoms with Crippen LogP contribution in [-0.2, 0) is 15.8 Å². The molecule has 0 saturated carbocycles. The summed E-state index contributed by atoms with van der Waals surface area (Å²) < 4.78 is 37.0. The van der Waals surface area contributed by atoms with Gasteiger partial charge in [-0.1, -0.05) is 0 Å². The van der Waals surface area contributed by atoms with Gasteiger partial charge in [-0.2, -0.15) is 13.2 Å². The van der Waals surface area contributed by atoms with Gasteiger partial charge in [-0.25, -0.2) is 0 Å². The fourth-order valence-electron chi connectivity index (χ4n) is 1.27. The molecule has 0 aliphatic rings. The van der Waals surface area contributed by atoms with Crippen molar-refractivity contribution >= 4 is 17.5 Å². The Morgan fingerprint density at radius 3 is 2.20 bits per heavy atom. The largest absolute Gasteiger partial charge is 0.416 e. The average Bonchev–Trinajstić information content (AvgIpc) is 2.38. The molecule has 0 aliphatic heterocycles. The van der Waals surface area contributed by atoms with Crippen LogP contribution >= 0.6 is 0 Å². The standard InChI is InChI=1S/C12H13F3N2O3/c1-7(6-18)16-10(19)11(20)17-9-4-2-8(3-5-9)12(13,14)15/h2-5,7,18H,6H2,1H3,(H,16,19)(H,17,20). The van der Waals surface area contributed by atoms with Crippen molar-refractivity contribution in [3.8, 4) is 0 Å². The molecular weight excluding hydrogens is 277 g/mol. The predicted molar refractivity (Wildman–Crippen MR) is 64.8 cm³/mol. The zero-order valence-electron chi connectivity index (χ0n) is 10.5. The molecule has 1 unspecified atom stereocenters. The highest BCUT2D eigenvalue weighted by Gasteiger charge is 2.30. The average molecular weight is 290 g/mol. The lowest BCUT2D eigenvalue weighted by atomic mass is 10.2. The first-order chi connectivity index (χ1) is 9.24. The van der Waals surface area contributed by atoms with Gasteiger partial charge in [0.15, 0.2) is 0 Å². The summed E-state index contributed by atoms with van der Waals surface area (Å²) in [5.74, 6) is -2.00. The third kappa shape index (κ3) is 4.54. The van der Waals surface area contributed by atoms with E-state index in [2.05, 4.69) is 10.6 Å². The maximum absolute atomic E-state index is 12.3. The molecule has 20 heavy (non-hydrogen) atoms. The molecule has 5 nitrogen and oxygen atoms in total. The Balaban J connectivity index is 2.65. The smallest absolute Gasteiger partial charge is 0.394 e. The number of benzene rings is 1. The number of hydrogen-bond acceptors (Lipinski definition) is 3. The van der Waals surface area contributed by atoms with E-state index in [0.717, 1.165) is 24.3 Å². The van der Waals surface area contributed by atoms with Crippen molar-refractivity contribution in [3.05, 3.63) is 29.8 Å². The van der Waals surface area contributed by atoms with Crippen LogP contribution in [0.15, 0.2) is 24.3 Å². The van der Waals surface area contributed by atoms with Gasteiger partial charge in [0, 0.05) is 11.7 Å². The topological polar surface area (TPSA) is 78.4 Å². The monoisotopic (exact) mass is 290 g/mol. The molecule has 2 amide bonds. The molecule has 1 aromatic rings. The lowest BCUT2D eigenvalue weighted by Gasteiger charge is -2.11. The number of halogens is 3. The van der Waals surface area contributed by atoms with Crippen LogP contribution in [0, 0.1) is 0 Å². The van der Waals surface area contributed by atoms with E-state index in [9.17, 15) is 22.8 Å². The fourth-order valence-corrected chi connectivity index (χ4v) is 1.27. The SMILES string of the molecule is CC(CO)NC(=O)C(=O)Nc1ccc(C(F)(F)F)cc1. The van der Waals surface area contributed by atoms with Crippen molar-refractivity contribution in [3.63, 3.8) is 0 Å². The van der Waals surface area contributed by atoms with Crippen LogP contribution in [0.2, 0.25) is 0 Å². The number of aliphatic hydroxyl groups is 1. The Hall–Kier alpha value is -2.09. The molecular formula is C12H13F3N2O3. The summed E-state index contributed by atoms with van der Waals surface area (Å²) in [5.41, 5.74) is -0.788. The Morgan fingerprint density at radius 1 is 1.20 bits per heavy atom. The van der Waals surface area contributed by atoms with Crippen LogP contribution in [0.1, 0.15) is 12.5 Å². The van der Waals surface area contributed by atoms with E-state index in [1.165, 1.54) is 6.92 Å². The maximum Gasteiger partial charge on any atom is 0.416 e. The van der Waals surface area contributed by atoms with Crippen molar-refractivity contribution in [2.24, 2.45) is 0 Å². The van der Waals surface area contributed by atoms with Gasteiger partial charge >= 0.3 is 18.0 Å². The molecule has 1 rings (SSSR count). The number of anilines is 1. The number of alkyl halides is 3. The second-order valence-corrected chi connectivity index (χ2v) is 4.09. The molecule has 1 aromatic carbocycles. The fraction of sp³-hybridized carbons (Fsp3) is 0.333. The quantitative estimate of drug-likeness (QED) is 0.730. The molecule has 110 valence electrons. The first-order valence-corrected chi connectivity index (χ1v) is 5.64. The van der Waals surface area contributed by atoms with E-state index in [4.69, 9.17) is 5.11 Å². The van der Waals surface area contributed by atoms with E-state index in [0.29, 0.717) is 0 Å². The number of nitrogens with one attached hydrogen (secondary N) is 2. The molecule has 0 aliphatic carbocycles. The van der Waals surface area contributed by atoms with E-state index in [-0.39, 0.29) is 12.3 Å². The molecule has 0 saturated heterocycles. The first-order valence-electron chi connectivity index (χ1n) is 5.64. The molecule has 3 N–H and O–H groups in total. The summed E-state index contributed by atoms with van der Waals surface area (Å²) in [6.45, 7) is 1.16. The van der Waals surface area contributed by atoms with Gasteiger partial charge in [0.1, 0.15) is 0 Å². The van der Waals surface area contributed by atoms with E-state index in [1.54, 1.807) is 0 Å². The van der Waals surface area contributed by atoms with Crippen LogP contribution in [0.3, 0.4) is 0 Å². The lowest BCUT2D eigenvalue weighted by molar-refractivity contribution is -0.137. The minimum Gasteiger partial charge on any atom is -0.394 e. The van der Waals surface area contributed by atoms with Crippen LogP contribution in [-0.4, -0.2) is 29.6 Å². The number of carbonyl (C=O) groups is 2. The maximum atomic E-state index is 12.3. The van der Waals surface area contributed by atoms with Gasteiger partial charge in [0.25, 0.3) is 0 Å². The molecule has 0 fully saturated rings. The highest BCUT2D eigenvalue weighted by Crippen LogP contribution is 2.29. The Morgan fingerprint density at radius 2 is 1.75 bits per heavy atom. The molecule has 0 aromatic heterocycles. The van der Waals surface area contributed by atoms with Crippen molar-refractivity contribution in [2.45, 2.75) is 19.1 Å². The summed E-state index contributed by atoms with van der Waals surface area (Å²) in [6.07, 6.45) is -4.46. The third-order valence-corrected chi connectivity index (χ3v) is 2.33. The van der Waals surface area contributed by atoms with Crippen LogP contribution in [0.5, 0.6) is 0 Å². The summed E-state index contributed by atoms with van der Waals surface area (Å²) in [4.78, 5) is 22.7. The molecule has 0 spiro atoms. The minimum atomic E-state index is -4.46. The number of amides is 2. The zero-order valence-corrected chi connectivity index (χ0v) is 10.5. The second kappa shape index (κ2) is 6.38. The predicted octanol–water partition coefficient (Wildman–Crippen LogP) is 1.14. The van der Waals surface area contributed by atoms with Crippen LogP contribution in [0.25, 0.3) is 0 Å². The van der Waals surface area contributed by atoms with Crippen molar-refractivity contribution in [2.75, 3.05) is 11.9 Å². The van der Waals surface area contributed by atoms with Gasteiger partial charge in [0.2, 0.25) is 0 Å². The highest BCUT2D eigenvalue weighted by atomic mass is 19.4. The highest BCUT2D eigenvalue weighted by molar-refractivity contribution is 6.39. The minimum absolute atomic E-state index is 0.0646. The van der Waals surface area contributed by atoms with E-state index < -0.39 is 29.6 Å². The summed E-state index contributed by atoms with van der Waals surface area (Å²) in [6, 6.07) is 3.08. The number of rotatable bonds is 3. The van der Waals surface area contributed by atoms with Gasteiger partial charge in [0.05, 0.1) is 12.2 Å². The number of aliphatic hydroxyl groups excluding tert-OH is 1. The third-order valence-electron chi connectivity index (χ3n) is 2.33. The molecule has 0 radical (unpaired) electrons. The second-order valence-electron chi connectivity index (χ2n) is 4.09. The van der Waals surface area contributed by atoms with E-state index in [1.807, 2.05) is 0 Å². The Kier molecular flexibility index (Phi) is 5.09. The lowest BCUT2D eigenvalue weighted by Crippen LogP contribution is -2.42. The normalized spacial score (nSPS) is 12.7. The number of hydrogen-bond donors (Lipinski definition) is 3. The van der Waals surface area contributed by atoms with E-state index >= 15 is 0 Å². The van der Waals surface area contributed by atoms with Crippen molar-refractivity contribution < 1.29 is 27.9 Å². The van der Waals surface area contributed by atoms with Crippen LogP contribution in [0.4, 0.5) is 18.9 Å². The Labute approximate surface area is 112 Å². The van der Waals surface area contributed by atoms with Gasteiger partial charge in [-0.05, 0) is 31.2 Å². The molecule has 0 heterocycles. The molecule has 1 atom stereocenters. The first kappa shape index (κ1) is 16.0. The van der Waals surface area contributed by atoms with Crippen molar-refractivity contribution in [1.29, 1.82) is 0 Å². The zero-order chi connectivity index (χ0) is 15.3. The van der Waals surface area contributed by atoms with Crippen molar-refractivity contribution in [1.82, 2.24) is 5.32 Å².